The first-order valence-electron chi connectivity index (χ1n) is 7.40. The normalized spacial score (nSPS) is 15.9. The number of aliphatic hydroxyl groups excluding tert-OH is 1. The van der Waals surface area contributed by atoms with Crippen molar-refractivity contribution in [2.75, 3.05) is 38.3 Å². The van der Waals surface area contributed by atoms with Gasteiger partial charge in [-0.2, -0.15) is 11.8 Å². The standard InChI is InChI=1S/C17H23NO2S/c1-20-17-7-6-15(13-16(17)5-2-3-10-19)14-18-8-4-11-21-12-9-18/h6-7,13,19H,3-4,8-12,14H2,1H3. The maximum absolute atomic E-state index is 8.83. The van der Waals surface area contributed by atoms with Gasteiger partial charge in [-0.25, -0.2) is 0 Å². The largest absolute Gasteiger partial charge is 0.495 e. The Morgan fingerprint density at radius 3 is 3.05 bits per heavy atom. The average Bonchev–Trinajstić information content (AvgIpc) is 2.76. The molecule has 4 heteroatoms. The van der Waals surface area contributed by atoms with E-state index in [4.69, 9.17) is 9.84 Å². The van der Waals surface area contributed by atoms with Crippen LogP contribution in [-0.4, -0.2) is 48.3 Å². The van der Waals surface area contributed by atoms with Crippen LogP contribution in [0.5, 0.6) is 5.75 Å². The Morgan fingerprint density at radius 2 is 2.24 bits per heavy atom. The predicted octanol–water partition coefficient (Wildman–Crippen LogP) is 2.37. The lowest BCUT2D eigenvalue weighted by Crippen LogP contribution is -2.25. The van der Waals surface area contributed by atoms with E-state index in [1.807, 2.05) is 17.8 Å². The van der Waals surface area contributed by atoms with Crippen LogP contribution in [0.3, 0.4) is 0 Å². The smallest absolute Gasteiger partial charge is 0.134 e. The molecule has 0 aromatic heterocycles. The molecule has 0 radical (unpaired) electrons. The number of thioether (sulfide) groups is 1. The van der Waals surface area contributed by atoms with Gasteiger partial charge < -0.3 is 9.84 Å². The molecule has 1 saturated heterocycles. The van der Waals surface area contributed by atoms with Crippen molar-refractivity contribution in [2.45, 2.75) is 19.4 Å². The molecule has 1 heterocycles. The van der Waals surface area contributed by atoms with Gasteiger partial charge in [0.2, 0.25) is 0 Å². The molecule has 1 aliphatic heterocycles. The van der Waals surface area contributed by atoms with Crippen LogP contribution in [-0.2, 0) is 6.54 Å². The number of hydrogen-bond acceptors (Lipinski definition) is 4. The first kappa shape index (κ1) is 16.2. The summed E-state index contributed by atoms with van der Waals surface area (Å²) in [5.41, 5.74) is 2.18. The summed E-state index contributed by atoms with van der Waals surface area (Å²) in [5, 5.41) is 8.83. The van der Waals surface area contributed by atoms with E-state index in [-0.39, 0.29) is 6.61 Å². The second-order valence-electron chi connectivity index (χ2n) is 5.05. The van der Waals surface area contributed by atoms with Crippen LogP contribution in [0.2, 0.25) is 0 Å². The van der Waals surface area contributed by atoms with Gasteiger partial charge in [-0.05, 0) is 36.4 Å². The number of methoxy groups -OCH3 is 1. The number of hydrogen-bond donors (Lipinski definition) is 1. The molecule has 0 saturated carbocycles. The summed E-state index contributed by atoms with van der Waals surface area (Å²) in [4.78, 5) is 2.51. The van der Waals surface area contributed by atoms with Crippen molar-refractivity contribution in [3.8, 4) is 17.6 Å². The van der Waals surface area contributed by atoms with Crippen LogP contribution in [0.15, 0.2) is 18.2 Å². The molecule has 0 aliphatic carbocycles. The third kappa shape index (κ3) is 5.28. The Bertz CT molecular complexity index is 499. The molecule has 0 bridgehead atoms. The molecular formula is C17H23NO2S. The van der Waals surface area contributed by atoms with E-state index in [0.717, 1.165) is 24.4 Å². The third-order valence-corrected chi connectivity index (χ3v) is 4.49. The maximum atomic E-state index is 8.83. The molecule has 1 fully saturated rings. The predicted molar refractivity (Wildman–Crippen MR) is 88.8 cm³/mol. The van der Waals surface area contributed by atoms with Crippen molar-refractivity contribution < 1.29 is 9.84 Å². The Labute approximate surface area is 131 Å². The van der Waals surface area contributed by atoms with Gasteiger partial charge in [0.1, 0.15) is 5.75 Å². The summed E-state index contributed by atoms with van der Waals surface area (Å²) < 4.78 is 5.36. The molecule has 114 valence electrons. The fourth-order valence-electron chi connectivity index (χ4n) is 2.38. The van der Waals surface area contributed by atoms with Crippen LogP contribution in [0.1, 0.15) is 24.0 Å². The van der Waals surface area contributed by atoms with E-state index in [9.17, 15) is 0 Å². The highest BCUT2D eigenvalue weighted by atomic mass is 32.2. The van der Waals surface area contributed by atoms with Crippen LogP contribution in [0.4, 0.5) is 0 Å². The van der Waals surface area contributed by atoms with Crippen molar-refractivity contribution in [3.63, 3.8) is 0 Å². The zero-order chi connectivity index (χ0) is 14.9. The van der Waals surface area contributed by atoms with E-state index in [0.29, 0.717) is 6.42 Å². The topological polar surface area (TPSA) is 32.7 Å². The quantitative estimate of drug-likeness (QED) is 0.866. The summed E-state index contributed by atoms with van der Waals surface area (Å²) in [6.07, 6.45) is 1.76. The highest BCUT2D eigenvalue weighted by molar-refractivity contribution is 7.99. The van der Waals surface area contributed by atoms with Gasteiger partial charge in [0.15, 0.2) is 0 Å². The van der Waals surface area contributed by atoms with Crippen LogP contribution < -0.4 is 4.74 Å². The second-order valence-corrected chi connectivity index (χ2v) is 6.28. The lowest BCUT2D eigenvalue weighted by atomic mass is 10.1. The molecule has 1 aromatic carbocycles. The molecular weight excluding hydrogens is 282 g/mol. The Hall–Kier alpha value is -1.15. The van der Waals surface area contributed by atoms with Gasteiger partial charge in [-0.1, -0.05) is 17.9 Å². The van der Waals surface area contributed by atoms with Gasteiger partial charge in [0.05, 0.1) is 19.3 Å². The lowest BCUT2D eigenvalue weighted by Gasteiger charge is -2.19. The number of rotatable bonds is 4. The summed E-state index contributed by atoms with van der Waals surface area (Å²) in [6.45, 7) is 3.40. The zero-order valence-corrected chi connectivity index (χ0v) is 13.4. The minimum Gasteiger partial charge on any atom is -0.495 e. The van der Waals surface area contributed by atoms with E-state index in [1.54, 1.807) is 7.11 Å². The van der Waals surface area contributed by atoms with E-state index >= 15 is 0 Å². The fraction of sp³-hybridized carbons (Fsp3) is 0.529. The van der Waals surface area contributed by atoms with E-state index < -0.39 is 0 Å². The Morgan fingerprint density at radius 1 is 1.33 bits per heavy atom. The minimum atomic E-state index is 0.0977. The molecule has 21 heavy (non-hydrogen) atoms. The van der Waals surface area contributed by atoms with Gasteiger partial charge in [-0.15, -0.1) is 0 Å². The van der Waals surface area contributed by atoms with Crippen LogP contribution in [0.25, 0.3) is 0 Å². The summed E-state index contributed by atoms with van der Waals surface area (Å²) in [7, 11) is 1.66. The highest BCUT2D eigenvalue weighted by Gasteiger charge is 2.10. The first-order valence-corrected chi connectivity index (χ1v) is 8.55. The number of aliphatic hydroxyl groups is 1. The van der Waals surface area contributed by atoms with Crippen LogP contribution >= 0.6 is 11.8 Å². The molecule has 0 amide bonds. The van der Waals surface area contributed by atoms with Gasteiger partial charge >= 0.3 is 0 Å². The Kier molecular flexibility index (Phi) is 6.94. The van der Waals surface area contributed by atoms with Gasteiger partial charge in [0.25, 0.3) is 0 Å². The summed E-state index contributed by atoms with van der Waals surface area (Å²) in [6, 6.07) is 6.22. The molecule has 1 aliphatic rings. The SMILES string of the molecule is COc1ccc(CN2CCCSCC2)cc1C#CCCO. The molecule has 2 rings (SSSR count). The average molecular weight is 305 g/mol. The van der Waals surface area contributed by atoms with Crippen molar-refractivity contribution in [3.05, 3.63) is 29.3 Å². The van der Waals surface area contributed by atoms with Gasteiger partial charge in [-0.3, -0.25) is 4.90 Å². The third-order valence-electron chi connectivity index (χ3n) is 3.44. The lowest BCUT2D eigenvalue weighted by molar-refractivity contribution is 0.287. The van der Waals surface area contributed by atoms with Crippen molar-refractivity contribution in [1.82, 2.24) is 4.90 Å². The molecule has 1 N–H and O–H groups in total. The molecule has 0 spiro atoms. The number of benzene rings is 1. The monoisotopic (exact) mass is 305 g/mol. The molecule has 3 nitrogen and oxygen atoms in total. The van der Waals surface area contributed by atoms with Crippen molar-refractivity contribution >= 4 is 11.8 Å². The fourth-order valence-corrected chi connectivity index (χ4v) is 3.30. The Balaban J connectivity index is 2.09. The van der Waals surface area contributed by atoms with Crippen molar-refractivity contribution in [2.24, 2.45) is 0 Å². The molecule has 0 unspecified atom stereocenters. The highest BCUT2D eigenvalue weighted by Crippen LogP contribution is 2.21. The maximum Gasteiger partial charge on any atom is 0.134 e. The van der Waals surface area contributed by atoms with E-state index in [2.05, 4.69) is 28.9 Å². The summed E-state index contributed by atoms with van der Waals surface area (Å²) >= 11 is 2.05. The molecule has 0 atom stereocenters. The summed E-state index contributed by atoms with van der Waals surface area (Å²) in [5.74, 6) is 9.37. The molecule has 1 aromatic rings. The zero-order valence-electron chi connectivity index (χ0n) is 12.6. The first-order chi connectivity index (χ1) is 10.3. The second kappa shape index (κ2) is 8.99. The number of nitrogens with zero attached hydrogens (tertiary/aromatic N) is 1. The van der Waals surface area contributed by atoms with E-state index in [1.165, 1.54) is 30.0 Å². The van der Waals surface area contributed by atoms with Gasteiger partial charge in [0, 0.05) is 25.3 Å². The van der Waals surface area contributed by atoms with Crippen LogP contribution in [0, 0.1) is 11.8 Å². The van der Waals surface area contributed by atoms with Crippen molar-refractivity contribution in [1.29, 1.82) is 0 Å². The number of ether oxygens (including phenoxy) is 1. The minimum absolute atomic E-state index is 0.0977.